The van der Waals surface area contributed by atoms with Crippen molar-refractivity contribution in [3.8, 4) is 0 Å². The van der Waals surface area contributed by atoms with Gasteiger partial charge in [-0.05, 0) is 44.2 Å². The third kappa shape index (κ3) is 7.18. The van der Waals surface area contributed by atoms with E-state index >= 15 is 0 Å². The molecule has 7 nitrogen and oxygen atoms in total. The largest absolute Gasteiger partial charge is 0.393 e. The normalized spacial score (nSPS) is 19.3. The molecule has 1 amide bonds. The first-order valence-electron chi connectivity index (χ1n) is 10.3. The molecule has 1 aliphatic heterocycles. The molecule has 1 atom stereocenters. The van der Waals surface area contributed by atoms with E-state index in [1.54, 1.807) is 0 Å². The minimum Gasteiger partial charge on any atom is -0.393 e. The van der Waals surface area contributed by atoms with Gasteiger partial charge in [0.25, 0.3) is 5.91 Å². The van der Waals surface area contributed by atoms with E-state index in [1.165, 1.54) is 35.3 Å². The standard InChI is InChI=1S/C21H24ClN3O4S2/c22-17-13-23-21(31-17)24-20(26)19(14-4-6-15(7-5-14)30-16-8-9-16)25-29-12-11-28-18-3-1-2-10-27-18/h4-7,13,16,18H,1-3,8-12H2,(H,23,24,26)/b25-19+. The number of carbonyl (C=O) groups excluding carboxylic acids is 1. The predicted octanol–water partition coefficient (Wildman–Crippen LogP) is 4.95. The summed E-state index contributed by atoms with van der Waals surface area (Å²) >= 11 is 8.95. The molecular weight excluding hydrogens is 458 g/mol. The van der Waals surface area contributed by atoms with Gasteiger partial charge in [-0.1, -0.05) is 40.2 Å². The molecule has 4 rings (SSSR count). The van der Waals surface area contributed by atoms with E-state index in [-0.39, 0.29) is 18.6 Å². The molecule has 1 aliphatic carbocycles. The van der Waals surface area contributed by atoms with Crippen LogP contribution in [0.2, 0.25) is 4.34 Å². The van der Waals surface area contributed by atoms with Crippen LogP contribution in [-0.4, -0.2) is 48.0 Å². The van der Waals surface area contributed by atoms with Crippen LogP contribution in [0, 0.1) is 0 Å². The Hall–Kier alpha value is -1.65. The summed E-state index contributed by atoms with van der Waals surface area (Å²) < 4.78 is 11.7. The summed E-state index contributed by atoms with van der Waals surface area (Å²) in [6.45, 7) is 1.28. The van der Waals surface area contributed by atoms with Crippen LogP contribution in [0.25, 0.3) is 0 Å². The number of thiazole rings is 1. The maximum atomic E-state index is 12.9. The van der Waals surface area contributed by atoms with Gasteiger partial charge in [0.05, 0.1) is 12.8 Å². The number of benzene rings is 1. The van der Waals surface area contributed by atoms with Crippen molar-refractivity contribution >= 4 is 51.5 Å². The van der Waals surface area contributed by atoms with Crippen molar-refractivity contribution in [2.75, 3.05) is 25.1 Å². The van der Waals surface area contributed by atoms with Gasteiger partial charge in [-0.25, -0.2) is 4.98 Å². The van der Waals surface area contributed by atoms with Gasteiger partial charge < -0.3 is 14.3 Å². The molecule has 0 spiro atoms. The molecule has 31 heavy (non-hydrogen) atoms. The Morgan fingerprint density at radius 1 is 1.26 bits per heavy atom. The Labute approximate surface area is 194 Å². The first-order chi connectivity index (χ1) is 15.2. The lowest BCUT2D eigenvalue weighted by Gasteiger charge is -2.22. The summed E-state index contributed by atoms with van der Waals surface area (Å²) in [6.07, 6.45) is 6.89. The summed E-state index contributed by atoms with van der Waals surface area (Å²) in [5.41, 5.74) is 0.833. The van der Waals surface area contributed by atoms with Crippen molar-refractivity contribution in [3.63, 3.8) is 0 Å². The number of nitrogens with one attached hydrogen (secondary N) is 1. The number of nitrogens with zero attached hydrogens (tertiary/aromatic N) is 2. The highest BCUT2D eigenvalue weighted by Crippen LogP contribution is 2.39. The third-order valence-electron chi connectivity index (χ3n) is 4.64. The maximum Gasteiger partial charge on any atom is 0.280 e. The summed E-state index contributed by atoms with van der Waals surface area (Å²) in [4.78, 5) is 23.5. The van der Waals surface area contributed by atoms with Crippen molar-refractivity contribution < 1.29 is 19.1 Å². The molecule has 1 N–H and O–H groups in total. The molecule has 0 radical (unpaired) electrons. The molecule has 1 unspecified atom stereocenters. The molecule has 1 aromatic heterocycles. The fourth-order valence-electron chi connectivity index (χ4n) is 2.93. The van der Waals surface area contributed by atoms with Crippen LogP contribution in [0.15, 0.2) is 40.5 Å². The fourth-order valence-corrected chi connectivity index (χ4v) is 4.79. The van der Waals surface area contributed by atoms with Gasteiger partial charge in [-0.15, -0.1) is 11.8 Å². The van der Waals surface area contributed by atoms with Gasteiger partial charge >= 0.3 is 0 Å². The number of aromatic nitrogens is 1. The molecule has 2 aromatic rings. The predicted molar refractivity (Wildman–Crippen MR) is 123 cm³/mol. The number of ether oxygens (including phenoxy) is 2. The highest BCUT2D eigenvalue weighted by atomic mass is 35.5. The number of rotatable bonds is 10. The second kappa shape index (κ2) is 11.3. The van der Waals surface area contributed by atoms with Crippen molar-refractivity contribution in [1.29, 1.82) is 0 Å². The lowest BCUT2D eigenvalue weighted by atomic mass is 10.1. The monoisotopic (exact) mass is 481 g/mol. The zero-order chi connectivity index (χ0) is 21.5. The highest BCUT2D eigenvalue weighted by Gasteiger charge is 2.23. The maximum absolute atomic E-state index is 12.9. The molecule has 10 heteroatoms. The number of carbonyl (C=O) groups is 1. The highest BCUT2D eigenvalue weighted by molar-refractivity contribution is 8.00. The van der Waals surface area contributed by atoms with E-state index in [4.69, 9.17) is 25.9 Å². The molecule has 2 fully saturated rings. The minimum atomic E-state index is -0.412. The van der Waals surface area contributed by atoms with E-state index in [0.717, 1.165) is 25.9 Å². The molecule has 0 bridgehead atoms. The first-order valence-corrected chi connectivity index (χ1v) is 12.4. The Kier molecular flexibility index (Phi) is 8.21. The number of thioether (sulfide) groups is 1. The topological polar surface area (TPSA) is 82.0 Å². The van der Waals surface area contributed by atoms with Crippen LogP contribution in [0.3, 0.4) is 0 Å². The Morgan fingerprint density at radius 3 is 2.77 bits per heavy atom. The van der Waals surface area contributed by atoms with Gasteiger partial charge in [-0.2, -0.15) is 0 Å². The minimum absolute atomic E-state index is 0.170. The Morgan fingerprint density at radius 2 is 2.10 bits per heavy atom. The fraction of sp³-hybridized carbons (Fsp3) is 0.476. The zero-order valence-corrected chi connectivity index (χ0v) is 19.3. The smallest absolute Gasteiger partial charge is 0.280 e. The number of amides is 1. The van der Waals surface area contributed by atoms with E-state index in [2.05, 4.69) is 15.5 Å². The van der Waals surface area contributed by atoms with E-state index < -0.39 is 5.91 Å². The Balaban J connectivity index is 1.38. The first kappa shape index (κ1) is 22.5. The van der Waals surface area contributed by atoms with Crippen molar-refractivity contribution in [1.82, 2.24) is 4.98 Å². The number of hydrogen-bond acceptors (Lipinski definition) is 8. The van der Waals surface area contributed by atoms with Crippen LogP contribution in [-0.2, 0) is 19.1 Å². The van der Waals surface area contributed by atoms with Gasteiger partial charge in [0.1, 0.15) is 10.9 Å². The lowest BCUT2D eigenvalue weighted by Crippen LogP contribution is -2.25. The summed E-state index contributed by atoms with van der Waals surface area (Å²) in [5.74, 6) is -0.412. The van der Waals surface area contributed by atoms with E-state index in [0.29, 0.717) is 26.9 Å². The van der Waals surface area contributed by atoms with Crippen LogP contribution in [0.1, 0.15) is 37.7 Å². The quantitative estimate of drug-likeness (QED) is 0.293. The van der Waals surface area contributed by atoms with Gasteiger partial charge in [-0.3, -0.25) is 10.1 Å². The van der Waals surface area contributed by atoms with Crippen LogP contribution < -0.4 is 5.32 Å². The van der Waals surface area contributed by atoms with Crippen LogP contribution in [0.4, 0.5) is 5.13 Å². The number of anilines is 1. The summed E-state index contributed by atoms with van der Waals surface area (Å²) in [6, 6.07) is 7.77. The van der Waals surface area contributed by atoms with Gasteiger partial charge in [0, 0.05) is 22.3 Å². The number of hydrogen-bond donors (Lipinski definition) is 1. The number of oxime groups is 1. The zero-order valence-electron chi connectivity index (χ0n) is 16.9. The van der Waals surface area contributed by atoms with Crippen molar-refractivity contribution in [2.45, 2.75) is 48.5 Å². The molecule has 1 saturated carbocycles. The summed E-state index contributed by atoms with van der Waals surface area (Å²) in [5, 5.41) is 7.95. The summed E-state index contributed by atoms with van der Waals surface area (Å²) in [7, 11) is 0. The van der Waals surface area contributed by atoms with Gasteiger partial charge in [0.2, 0.25) is 0 Å². The van der Waals surface area contributed by atoms with Gasteiger partial charge in [0.15, 0.2) is 17.1 Å². The SMILES string of the molecule is O=C(Nc1ncc(Cl)s1)/C(=N/OCCOC1CCCCO1)c1ccc(SC2CC2)cc1. The number of halogens is 1. The van der Waals surface area contributed by atoms with Crippen molar-refractivity contribution in [3.05, 3.63) is 40.4 Å². The third-order valence-corrected chi connectivity index (χ3v) is 7.02. The Bertz CT molecular complexity index is 896. The molecular formula is C21H24ClN3O4S2. The van der Waals surface area contributed by atoms with E-state index in [9.17, 15) is 4.79 Å². The second-order valence-electron chi connectivity index (χ2n) is 7.21. The van der Waals surface area contributed by atoms with Crippen LogP contribution >= 0.6 is 34.7 Å². The molecule has 2 aliphatic rings. The lowest BCUT2D eigenvalue weighted by molar-refractivity contribution is -0.169. The molecule has 2 heterocycles. The second-order valence-corrected chi connectivity index (χ2v) is 10.2. The van der Waals surface area contributed by atoms with E-state index in [1.807, 2.05) is 36.0 Å². The van der Waals surface area contributed by atoms with Crippen LogP contribution in [0.5, 0.6) is 0 Å². The molecule has 1 saturated heterocycles. The molecule has 166 valence electrons. The average molecular weight is 482 g/mol. The average Bonchev–Trinajstić information content (AvgIpc) is 3.51. The molecule has 1 aromatic carbocycles. The van der Waals surface area contributed by atoms with Crippen molar-refractivity contribution in [2.24, 2.45) is 5.16 Å².